The number of hydrogen-bond acceptors (Lipinski definition) is 2. The Kier molecular flexibility index (Phi) is 5.61. The zero-order chi connectivity index (χ0) is 21.0. The van der Waals surface area contributed by atoms with Crippen molar-refractivity contribution in [2.45, 2.75) is 12.7 Å². The van der Waals surface area contributed by atoms with Crippen molar-refractivity contribution in [3.05, 3.63) is 112 Å². The summed E-state index contributed by atoms with van der Waals surface area (Å²) in [7, 11) is 0. The van der Waals surface area contributed by atoms with E-state index >= 15 is 0 Å². The highest BCUT2D eigenvalue weighted by atomic mass is 16.1. The Morgan fingerprint density at radius 2 is 1.35 bits per heavy atom. The molecule has 5 heteroatoms. The molecule has 1 aromatic heterocycles. The van der Waals surface area contributed by atoms with Crippen molar-refractivity contribution in [3.8, 4) is 0 Å². The highest BCUT2D eigenvalue weighted by Gasteiger charge is 2.31. The molecule has 0 amide bonds. The molecule has 0 atom stereocenters. The maximum atomic E-state index is 12.1. The van der Waals surface area contributed by atoms with Crippen molar-refractivity contribution in [2.75, 3.05) is 26.2 Å². The van der Waals surface area contributed by atoms with Gasteiger partial charge in [-0.3, -0.25) is 4.79 Å². The molecule has 156 valence electrons. The molecule has 0 radical (unpaired) electrons. The molecule has 5 nitrogen and oxygen atoms in total. The van der Waals surface area contributed by atoms with Gasteiger partial charge in [-0.15, -0.1) is 0 Å². The van der Waals surface area contributed by atoms with Gasteiger partial charge in [0.1, 0.15) is 32.2 Å². The summed E-state index contributed by atoms with van der Waals surface area (Å²) in [6, 6.07) is 29.9. The standard InChI is InChI=1S/C26H26N4O/c31-25-19-27-30(24-14-8-7-13-23(24)25)20-28-15-17-29(18-16-28)26(21-9-3-1-4-10-21)22-11-5-2-6-12-22/h1-14,19,26H,15-18,20H2/p+2. The molecule has 0 aliphatic carbocycles. The summed E-state index contributed by atoms with van der Waals surface area (Å²) in [5.74, 6) is 0. The average Bonchev–Trinajstić information content (AvgIpc) is 2.84. The van der Waals surface area contributed by atoms with Crippen molar-refractivity contribution in [1.82, 2.24) is 9.78 Å². The molecule has 1 aliphatic heterocycles. The van der Waals surface area contributed by atoms with Crippen LogP contribution in [-0.2, 0) is 6.67 Å². The summed E-state index contributed by atoms with van der Waals surface area (Å²) < 4.78 is 1.99. The van der Waals surface area contributed by atoms with Gasteiger partial charge in [0.05, 0.1) is 11.7 Å². The normalized spacial score (nSPS) is 19.0. The molecule has 5 rings (SSSR count). The fraction of sp³-hybridized carbons (Fsp3) is 0.231. The smallest absolute Gasteiger partial charge is 0.207 e. The van der Waals surface area contributed by atoms with E-state index < -0.39 is 0 Å². The van der Waals surface area contributed by atoms with Crippen molar-refractivity contribution in [1.29, 1.82) is 0 Å². The van der Waals surface area contributed by atoms with Crippen molar-refractivity contribution in [3.63, 3.8) is 0 Å². The average molecular weight is 413 g/mol. The Morgan fingerprint density at radius 3 is 2.00 bits per heavy atom. The van der Waals surface area contributed by atoms with Crippen LogP contribution in [0, 0.1) is 0 Å². The number of quaternary nitrogens is 2. The van der Waals surface area contributed by atoms with Crippen molar-refractivity contribution < 1.29 is 9.80 Å². The van der Waals surface area contributed by atoms with E-state index in [-0.39, 0.29) is 5.43 Å². The molecule has 1 aliphatic rings. The lowest BCUT2D eigenvalue weighted by molar-refractivity contribution is -1.03. The van der Waals surface area contributed by atoms with Crippen LogP contribution in [0.5, 0.6) is 0 Å². The van der Waals surface area contributed by atoms with E-state index in [0.717, 1.165) is 43.8 Å². The van der Waals surface area contributed by atoms with E-state index in [2.05, 4.69) is 65.8 Å². The first-order chi connectivity index (χ1) is 15.3. The number of piperazine rings is 1. The number of benzene rings is 3. The SMILES string of the molecule is O=c1cnn(C[NH+]2CC[NH+](C(c3ccccc3)c3ccccc3)CC2)c2ccccc12. The van der Waals surface area contributed by atoms with Gasteiger partial charge in [-0.25, -0.2) is 4.68 Å². The second-order valence-corrected chi connectivity index (χ2v) is 8.35. The Bertz CT molecular complexity index is 1160. The maximum Gasteiger partial charge on any atom is 0.207 e. The first kappa shape index (κ1) is 19.7. The number of hydrogen-bond donors (Lipinski definition) is 2. The molecule has 0 bridgehead atoms. The van der Waals surface area contributed by atoms with Crippen LogP contribution in [0.3, 0.4) is 0 Å². The van der Waals surface area contributed by atoms with Gasteiger partial charge in [-0.1, -0.05) is 72.8 Å². The third kappa shape index (κ3) is 4.15. The summed E-state index contributed by atoms with van der Waals surface area (Å²) in [5, 5.41) is 5.17. The van der Waals surface area contributed by atoms with E-state index in [1.807, 2.05) is 28.9 Å². The molecule has 3 aromatic carbocycles. The van der Waals surface area contributed by atoms with Gasteiger partial charge in [0.15, 0.2) is 6.67 Å². The van der Waals surface area contributed by atoms with Gasteiger partial charge >= 0.3 is 0 Å². The molecule has 1 saturated heterocycles. The zero-order valence-corrected chi connectivity index (χ0v) is 17.6. The van der Waals surface area contributed by atoms with Gasteiger partial charge in [0.2, 0.25) is 5.43 Å². The predicted octanol–water partition coefficient (Wildman–Crippen LogP) is 0.927. The maximum absolute atomic E-state index is 12.1. The molecule has 4 aromatic rings. The minimum Gasteiger partial charge on any atom is -0.316 e. The highest BCUT2D eigenvalue weighted by molar-refractivity contribution is 5.77. The molecular weight excluding hydrogens is 384 g/mol. The first-order valence-electron chi connectivity index (χ1n) is 11.0. The van der Waals surface area contributed by atoms with E-state index in [0.29, 0.717) is 6.04 Å². The fourth-order valence-electron chi connectivity index (χ4n) is 4.83. The Morgan fingerprint density at radius 1 is 0.774 bits per heavy atom. The van der Waals surface area contributed by atoms with Gasteiger partial charge in [0.25, 0.3) is 0 Å². The summed E-state index contributed by atoms with van der Waals surface area (Å²) >= 11 is 0. The van der Waals surface area contributed by atoms with Crippen LogP contribution in [0.1, 0.15) is 17.2 Å². The molecule has 0 spiro atoms. The lowest BCUT2D eigenvalue weighted by atomic mass is 9.96. The highest BCUT2D eigenvalue weighted by Crippen LogP contribution is 2.18. The van der Waals surface area contributed by atoms with Crippen molar-refractivity contribution in [2.24, 2.45) is 0 Å². The molecule has 0 saturated carbocycles. The third-order valence-corrected chi connectivity index (χ3v) is 6.41. The predicted molar refractivity (Wildman–Crippen MR) is 122 cm³/mol. The van der Waals surface area contributed by atoms with E-state index in [1.54, 1.807) is 4.90 Å². The molecular formula is C26H28N4O+2. The van der Waals surface area contributed by atoms with E-state index in [9.17, 15) is 4.79 Å². The Hall–Kier alpha value is -3.28. The molecule has 2 heterocycles. The summed E-state index contributed by atoms with van der Waals surface area (Å²) in [6.45, 7) is 5.14. The zero-order valence-electron chi connectivity index (χ0n) is 17.6. The Balaban J connectivity index is 1.34. The topological polar surface area (TPSA) is 43.8 Å². The van der Waals surface area contributed by atoms with Crippen molar-refractivity contribution >= 4 is 10.9 Å². The van der Waals surface area contributed by atoms with Gasteiger partial charge in [-0.2, -0.15) is 5.10 Å². The van der Waals surface area contributed by atoms with Crippen LogP contribution >= 0.6 is 0 Å². The van der Waals surface area contributed by atoms with E-state index in [4.69, 9.17) is 0 Å². The number of fused-ring (bicyclic) bond motifs is 1. The molecule has 1 fully saturated rings. The molecule has 2 N–H and O–H groups in total. The summed E-state index contributed by atoms with van der Waals surface area (Å²) in [4.78, 5) is 15.2. The van der Waals surface area contributed by atoms with E-state index in [1.165, 1.54) is 22.2 Å². The Labute approximate surface area is 182 Å². The molecule has 0 unspecified atom stereocenters. The number of rotatable bonds is 5. The molecule has 31 heavy (non-hydrogen) atoms. The van der Waals surface area contributed by atoms with Gasteiger partial charge in [-0.05, 0) is 12.1 Å². The van der Waals surface area contributed by atoms with Crippen LogP contribution in [-0.4, -0.2) is 36.0 Å². The van der Waals surface area contributed by atoms with Crippen LogP contribution in [0.2, 0.25) is 0 Å². The number of nitrogens with zero attached hydrogens (tertiary/aromatic N) is 2. The first-order valence-corrected chi connectivity index (χ1v) is 11.0. The number of nitrogens with one attached hydrogen (secondary N) is 2. The van der Waals surface area contributed by atoms with Crippen LogP contribution in [0.25, 0.3) is 10.9 Å². The van der Waals surface area contributed by atoms with Crippen LogP contribution in [0.15, 0.2) is 95.9 Å². The van der Waals surface area contributed by atoms with Crippen LogP contribution < -0.4 is 15.2 Å². The lowest BCUT2D eigenvalue weighted by Crippen LogP contribution is -3.27. The number of aromatic nitrogens is 2. The monoisotopic (exact) mass is 412 g/mol. The minimum atomic E-state index is -0.00956. The summed E-state index contributed by atoms with van der Waals surface area (Å²) in [5.41, 5.74) is 3.66. The second kappa shape index (κ2) is 8.84. The third-order valence-electron chi connectivity index (χ3n) is 6.41. The quantitative estimate of drug-likeness (QED) is 0.512. The van der Waals surface area contributed by atoms with Gasteiger partial charge < -0.3 is 9.80 Å². The fourth-order valence-corrected chi connectivity index (χ4v) is 4.83. The summed E-state index contributed by atoms with van der Waals surface area (Å²) in [6.07, 6.45) is 1.45. The van der Waals surface area contributed by atoms with Gasteiger partial charge in [0, 0.05) is 16.5 Å². The lowest BCUT2D eigenvalue weighted by Gasteiger charge is -2.35. The number of para-hydroxylation sites is 1. The van der Waals surface area contributed by atoms with Crippen LogP contribution in [0.4, 0.5) is 0 Å². The largest absolute Gasteiger partial charge is 0.316 e. The minimum absolute atomic E-state index is 0.00956. The second-order valence-electron chi connectivity index (χ2n) is 8.35.